The molecule has 176 valence electrons. The molecule has 1 amide bonds. The maximum Gasteiger partial charge on any atom is 0.257 e. The van der Waals surface area contributed by atoms with Gasteiger partial charge >= 0.3 is 0 Å². The Morgan fingerprint density at radius 2 is 1.62 bits per heavy atom. The summed E-state index contributed by atoms with van der Waals surface area (Å²) < 4.78 is 13.2. The normalized spacial score (nSPS) is 14.6. The van der Waals surface area contributed by atoms with E-state index in [4.69, 9.17) is 9.47 Å². The first kappa shape index (κ1) is 22.3. The Hall–Kier alpha value is -3.51. The zero-order valence-electron chi connectivity index (χ0n) is 20.1. The number of amides is 1. The molecular formula is C28H31N3O3. The van der Waals surface area contributed by atoms with E-state index in [1.54, 1.807) is 20.3 Å². The predicted molar refractivity (Wildman–Crippen MR) is 136 cm³/mol. The second-order valence-corrected chi connectivity index (χ2v) is 8.72. The monoisotopic (exact) mass is 457 g/mol. The van der Waals surface area contributed by atoms with Gasteiger partial charge in [0.1, 0.15) is 0 Å². The highest BCUT2D eigenvalue weighted by Gasteiger charge is 2.25. The molecule has 0 radical (unpaired) electrons. The number of piperazine rings is 1. The lowest BCUT2D eigenvalue weighted by molar-refractivity contribution is 0.0624. The van der Waals surface area contributed by atoms with Crippen molar-refractivity contribution < 1.29 is 14.3 Å². The van der Waals surface area contributed by atoms with E-state index >= 15 is 0 Å². The van der Waals surface area contributed by atoms with Crippen LogP contribution in [0.4, 0.5) is 0 Å². The fraction of sp³-hybridized carbons (Fsp3) is 0.321. The summed E-state index contributed by atoms with van der Waals surface area (Å²) >= 11 is 0. The number of aryl methyl sites for hydroxylation is 1. The van der Waals surface area contributed by atoms with Gasteiger partial charge in [0.05, 0.1) is 19.8 Å². The molecule has 1 fully saturated rings. The molecule has 0 saturated carbocycles. The van der Waals surface area contributed by atoms with Crippen LogP contribution in [0.1, 0.15) is 22.8 Å². The Bertz CT molecular complexity index is 1340. The van der Waals surface area contributed by atoms with Crippen molar-refractivity contribution in [2.45, 2.75) is 20.0 Å². The van der Waals surface area contributed by atoms with E-state index in [9.17, 15) is 4.79 Å². The molecule has 0 N–H and O–H groups in total. The molecule has 34 heavy (non-hydrogen) atoms. The van der Waals surface area contributed by atoms with Gasteiger partial charge in [-0.3, -0.25) is 9.69 Å². The fourth-order valence-corrected chi connectivity index (χ4v) is 5.13. The van der Waals surface area contributed by atoms with E-state index in [1.165, 1.54) is 27.4 Å². The molecule has 0 aliphatic carbocycles. The zero-order chi connectivity index (χ0) is 23.7. The molecule has 0 bridgehead atoms. The molecule has 1 aliphatic rings. The number of hydrogen-bond acceptors (Lipinski definition) is 4. The minimum atomic E-state index is -0.0100. The number of nitrogens with zero attached hydrogens (tertiary/aromatic N) is 3. The summed E-state index contributed by atoms with van der Waals surface area (Å²) in [5.74, 6) is 1.06. The lowest BCUT2D eigenvalue weighted by Crippen LogP contribution is -2.48. The third-order valence-electron chi connectivity index (χ3n) is 6.85. The molecule has 0 atom stereocenters. The molecule has 5 rings (SSSR count). The minimum Gasteiger partial charge on any atom is -0.493 e. The highest BCUT2D eigenvalue weighted by Crippen LogP contribution is 2.32. The molecule has 4 aromatic rings. The van der Waals surface area contributed by atoms with Gasteiger partial charge < -0.3 is 18.9 Å². The van der Waals surface area contributed by atoms with Gasteiger partial charge in [0.15, 0.2) is 11.5 Å². The lowest BCUT2D eigenvalue weighted by Gasteiger charge is -2.35. The van der Waals surface area contributed by atoms with Gasteiger partial charge in [-0.1, -0.05) is 30.3 Å². The van der Waals surface area contributed by atoms with Gasteiger partial charge in [-0.15, -0.1) is 0 Å². The molecule has 1 aromatic heterocycles. The van der Waals surface area contributed by atoms with Gasteiger partial charge in [-0.2, -0.15) is 0 Å². The molecule has 3 aromatic carbocycles. The molecule has 0 unspecified atom stereocenters. The maximum atomic E-state index is 13.2. The molecule has 0 spiro atoms. The fourth-order valence-electron chi connectivity index (χ4n) is 5.13. The Morgan fingerprint density at radius 1 is 0.853 bits per heavy atom. The van der Waals surface area contributed by atoms with E-state index < -0.39 is 0 Å². The van der Waals surface area contributed by atoms with Gasteiger partial charge in [0, 0.05) is 61.1 Å². The second-order valence-electron chi connectivity index (χ2n) is 8.72. The molecule has 1 saturated heterocycles. The highest BCUT2D eigenvalue weighted by molar-refractivity contribution is 6.08. The SMILES string of the molecule is CCn1c2ccccc2c2cc(CN3CCN(C(=O)c4cccc(OC)c4OC)CC3)ccc21. The van der Waals surface area contributed by atoms with Crippen molar-refractivity contribution in [3.8, 4) is 11.5 Å². The minimum absolute atomic E-state index is 0.0100. The summed E-state index contributed by atoms with van der Waals surface area (Å²) in [6.07, 6.45) is 0. The molecule has 6 heteroatoms. The zero-order valence-corrected chi connectivity index (χ0v) is 20.1. The molecular weight excluding hydrogens is 426 g/mol. The molecule has 6 nitrogen and oxygen atoms in total. The van der Waals surface area contributed by atoms with Crippen LogP contribution in [0, 0.1) is 0 Å². The van der Waals surface area contributed by atoms with Crippen molar-refractivity contribution in [1.82, 2.24) is 14.4 Å². The standard InChI is InChI=1S/C28H31N3O3/c1-4-31-24-10-6-5-8-21(24)23-18-20(12-13-25(23)31)19-29-14-16-30(17-15-29)28(32)22-9-7-11-26(33-2)27(22)34-3/h5-13,18H,4,14-17,19H2,1-3H3. The number of hydrogen-bond donors (Lipinski definition) is 0. The van der Waals surface area contributed by atoms with Crippen LogP contribution in [0.5, 0.6) is 11.5 Å². The number of fused-ring (bicyclic) bond motifs is 3. The number of benzene rings is 3. The smallest absolute Gasteiger partial charge is 0.257 e. The Labute approximate surface area is 200 Å². The number of methoxy groups -OCH3 is 2. The number of carbonyl (C=O) groups is 1. The van der Waals surface area contributed by atoms with Crippen LogP contribution in [0.25, 0.3) is 21.8 Å². The molecule has 1 aliphatic heterocycles. The number of ether oxygens (including phenoxy) is 2. The van der Waals surface area contributed by atoms with Crippen molar-refractivity contribution in [1.29, 1.82) is 0 Å². The van der Waals surface area contributed by atoms with E-state index in [0.29, 0.717) is 30.2 Å². The van der Waals surface area contributed by atoms with Crippen LogP contribution in [0.3, 0.4) is 0 Å². The second kappa shape index (κ2) is 9.39. The first-order chi connectivity index (χ1) is 16.6. The highest BCUT2D eigenvalue weighted by atomic mass is 16.5. The predicted octanol–water partition coefficient (Wildman–Crippen LogP) is 4.79. The summed E-state index contributed by atoms with van der Waals surface area (Å²) in [5.41, 5.74) is 4.43. The van der Waals surface area contributed by atoms with Crippen LogP contribution in [-0.4, -0.2) is 60.7 Å². The number of para-hydroxylation sites is 2. The summed E-state index contributed by atoms with van der Waals surface area (Å²) in [4.78, 5) is 17.5. The van der Waals surface area contributed by atoms with Crippen LogP contribution >= 0.6 is 0 Å². The number of carbonyl (C=O) groups excluding carboxylic acids is 1. The summed E-state index contributed by atoms with van der Waals surface area (Å²) in [7, 11) is 3.16. The Balaban J connectivity index is 1.30. The van der Waals surface area contributed by atoms with Crippen LogP contribution in [0.2, 0.25) is 0 Å². The summed E-state index contributed by atoms with van der Waals surface area (Å²) in [6, 6.07) is 20.9. The van der Waals surface area contributed by atoms with Crippen molar-refractivity contribution >= 4 is 27.7 Å². The van der Waals surface area contributed by atoms with Gasteiger partial charge in [0.25, 0.3) is 5.91 Å². The Morgan fingerprint density at radius 3 is 2.35 bits per heavy atom. The van der Waals surface area contributed by atoms with Crippen molar-refractivity contribution in [3.05, 3.63) is 71.8 Å². The topological polar surface area (TPSA) is 46.9 Å². The maximum absolute atomic E-state index is 13.2. The van der Waals surface area contributed by atoms with Crippen LogP contribution in [0.15, 0.2) is 60.7 Å². The van der Waals surface area contributed by atoms with E-state index in [2.05, 4.69) is 58.9 Å². The van der Waals surface area contributed by atoms with Gasteiger partial charge in [0.2, 0.25) is 0 Å². The van der Waals surface area contributed by atoms with Crippen molar-refractivity contribution in [2.75, 3.05) is 40.4 Å². The summed E-state index contributed by atoms with van der Waals surface area (Å²) in [6.45, 7) is 7.10. The van der Waals surface area contributed by atoms with E-state index in [1.807, 2.05) is 17.0 Å². The average Bonchev–Trinajstić information content (AvgIpc) is 3.21. The number of aromatic nitrogens is 1. The largest absolute Gasteiger partial charge is 0.493 e. The quantitative estimate of drug-likeness (QED) is 0.418. The van der Waals surface area contributed by atoms with E-state index in [0.717, 1.165) is 26.2 Å². The molecule has 2 heterocycles. The first-order valence-electron chi connectivity index (χ1n) is 11.9. The average molecular weight is 458 g/mol. The lowest BCUT2D eigenvalue weighted by atomic mass is 10.1. The Kier molecular flexibility index (Phi) is 6.16. The van der Waals surface area contributed by atoms with Crippen LogP contribution < -0.4 is 9.47 Å². The summed E-state index contributed by atoms with van der Waals surface area (Å²) in [5, 5.41) is 2.62. The van der Waals surface area contributed by atoms with Crippen LogP contribution in [-0.2, 0) is 13.1 Å². The third-order valence-corrected chi connectivity index (χ3v) is 6.85. The van der Waals surface area contributed by atoms with Gasteiger partial charge in [-0.25, -0.2) is 0 Å². The number of rotatable bonds is 6. The first-order valence-corrected chi connectivity index (χ1v) is 11.9. The van der Waals surface area contributed by atoms with Gasteiger partial charge in [-0.05, 0) is 42.8 Å². The van der Waals surface area contributed by atoms with E-state index in [-0.39, 0.29) is 5.91 Å². The van der Waals surface area contributed by atoms with Crippen molar-refractivity contribution in [3.63, 3.8) is 0 Å². The third kappa shape index (κ3) is 3.88. The van der Waals surface area contributed by atoms with Crippen molar-refractivity contribution in [2.24, 2.45) is 0 Å².